The van der Waals surface area contributed by atoms with Crippen LogP contribution in [0.1, 0.15) is 24.2 Å². The van der Waals surface area contributed by atoms with E-state index >= 15 is 0 Å². The Labute approximate surface area is 129 Å². The highest BCUT2D eigenvalue weighted by Crippen LogP contribution is 2.33. The Morgan fingerprint density at radius 1 is 1.38 bits per heavy atom. The molecule has 1 aromatic heterocycles. The molecule has 1 heterocycles. The van der Waals surface area contributed by atoms with Crippen molar-refractivity contribution in [3.8, 4) is 5.75 Å². The van der Waals surface area contributed by atoms with Gasteiger partial charge in [0.15, 0.2) is 4.67 Å². The van der Waals surface area contributed by atoms with Crippen molar-refractivity contribution in [2.75, 3.05) is 6.54 Å². The van der Waals surface area contributed by atoms with Gasteiger partial charge in [0.25, 0.3) is 5.91 Å². The minimum atomic E-state index is -0.608. The maximum atomic E-state index is 12.0. The molecule has 0 radical (unpaired) electrons. The highest BCUT2D eigenvalue weighted by Gasteiger charge is 2.15. The van der Waals surface area contributed by atoms with Gasteiger partial charge in [-0.25, -0.2) is 0 Å². The van der Waals surface area contributed by atoms with E-state index in [1.807, 2.05) is 13.8 Å². The summed E-state index contributed by atoms with van der Waals surface area (Å²) in [6, 6.07) is 4.97. The van der Waals surface area contributed by atoms with E-state index < -0.39 is 11.8 Å². The molecule has 7 heteroatoms. The standard InChI is InChI=1S/C14H15BrN2O4/c1-7(2)20-10-3-8(14(19)17-6-13(16)18)4-11-9(10)5-12(15)21-11/h3-5,7H,6H2,1-2H3,(H2,16,18)(H,17,19). The van der Waals surface area contributed by atoms with Gasteiger partial charge in [-0.05, 0) is 41.9 Å². The third kappa shape index (κ3) is 3.75. The van der Waals surface area contributed by atoms with Crippen LogP contribution >= 0.6 is 15.9 Å². The molecular weight excluding hydrogens is 340 g/mol. The Bertz CT molecular complexity index is 694. The molecule has 0 aliphatic carbocycles. The Hall–Kier alpha value is -2.02. The molecule has 0 fully saturated rings. The van der Waals surface area contributed by atoms with Crippen molar-refractivity contribution >= 4 is 38.7 Å². The lowest BCUT2D eigenvalue weighted by Crippen LogP contribution is -2.33. The number of ether oxygens (including phenoxy) is 1. The quantitative estimate of drug-likeness (QED) is 0.860. The number of carbonyl (C=O) groups excluding carboxylic acids is 2. The number of benzene rings is 1. The molecule has 0 aliphatic rings. The second kappa shape index (κ2) is 6.17. The molecule has 0 unspecified atom stereocenters. The number of hydrogen-bond acceptors (Lipinski definition) is 4. The average Bonchev–Trinajstić information content (AvgIpc) is 2.75. The summed E-state index contributed by atoms with van der Waals surface area (Å²) in [7, 11) is 0. The molecule has 21 heavy (non-hydrogen) atoms. The van der Waals surface area contributed by atoms with Crippen LogP contribution in [0.3, 0.4) is 0 Å². The van der Waals surface area contributed by atoms with Crippen LogP contribution in [0.4, 0.5) is 0 Å². The van der Waals surface area contributed by atoms with Crippen LogP contribution in [0.25, 0.3) is 11.0 Å². The molecular formula is C14H15BrN2O4. The van der Waals surface area contributed by atoms with E-state index in [-0.39, 0.29) is 12.6 Å². The topological polar surface area (TPSA) is 94.6 Å². The Balaban J connectivity index is 2.40. The number of carbonyl (C=O) groups is 2. The maximum Gasteiger partial charge on any atom is 0.251 e. The van der Waals surface area contributed by atoms with Crippen LogP contribution < -0.4 is 15.8 Å². The van der Waals surface area contributed by atoms with Crippen LogP contribution in [0.2, 0.25) is 0 Å². The number of fused-ring (bicyclic) bond motifs is 1. The van der Waals surface area contributed by atoms with Crippen molar-refractivity contribution in [1.82, 2.24) is 5.32 Å². The first-order valence-electron chi connectivity index (χ1n) is 6.33. The van der Waals surface area contributed by atoms with Gasteiger partial charge in [0.1, 0.15) is 11.3 Å². The molecule has 0 aliphatic heterocycles. The predicted octanol–water partition coefficient (Wildman–Crippen LogP) is 2.20. The number of furan rings is 1. The van der Waals surface area contributed by atoms with Gasteiger partial charge in [-0.2, -0.15) is 0 Å². The Morgan fingerprint density at radius 2 is 2.10 bits per heavy atom. The lowest BCUT2D eigenvalue weighted by Gasteiger charge is -2.12. The first-order valence-corrected chi connectivity index (χ1v) is 7.12. The Morgan fingerprint density at radius 3 is 2.71 bits per heavy atom. The van der Waals surface area contributed by atoms with Crippen LogP contribution in [0, 0.1) is 0 Å². The molecule has 0 atom stereocenters. The lowest BCUT2D eigenvalue weighted by molar-refractivity contribution is -0.117. The second-order valence-electron chi connectivity index (χ2n) is 4.75. The number of halogens is 1. The number of rotatable bonds is 5. The average molecular weight is 355 g/mol. The molecule has 2 rings (SSSR count). The highest BCUT2D eigenvalue weighted by atomic mass is 79.9. The predicted molar refractivity (Wildman–Crippen MR) is 81.2 cm³/mol. The molecule has 0 saturated carbocycles. The van der Waals surface area contributed by atoms with Crippen molar-refractivity contribution in [2.24, 2.45) is 5.73 Å². The van der Waals surface area contributed by atoms with Crippen LogP contribution in [-0.4, -0.2) is 24.5 Å². The fraction of sp³-hybridized carbons (Fsp3) is 0.286. The van der Waals surface area contributed by atoms with E-state index in [4.69, 9.17) is 14.9 Å². The molecule has 3 N–H and O–H groups in total. The zero-order chi connectivity index (χ0) is 15.6. The highest BCUT2D eigenvalue weighted by molar-refractivity contribution is 9.10. The van der Waals surface area contributed by atoms with E-state index in [1.165, 1.54) is 0 Å². The molecule has 2 amide bonds. The van der Waals surface area contributed by atoms with Crippen molar-refractivity contribution in [3.05, 3.63) is 28.4 Å². The maximum absolute atomic E-state index is 12.0. The van der Waals surface area contributed by atoms with E-state index in [0.717, 1.165) is 5.39 Å². The fourth-order valence-corrected chi connectivity index (χ4v) is 2.23. The molecule has 6 nitrogen and oxygen atoms in total. The summed E-state index contributed by atoms with van der Waals surface area (Å²) < 4.78 is 11.7. The van der Waals surface area contributed by atoms with Crippen LogP contribution in [-0.2, 0) is 4.79 Å². The third-order valence-electron chi connectivity index (χ3n) is 2.62. The van der Waals surface area contributed by atoms with Gasteiger partial charge in [0, 0.05) is 11.6 Å². The van der Waals surface area contributed by atoms with Gasteiger partial charge in [0.2, 0.25) is 5.91 Å². The fourth-order valence-electron chi connectivity index (χ4n) is 1.83. The third-order valence-corrected chi connectivity index (χ3v) is 3.01. The molecule has 0 saturated heterocycles. The van der Waals surface area contributed by atoms with Gasteiger partial charge >= 0.3 is 0 Å². The van der Waals surface area contributed by atoms with Crippen LogP contribution in [0.5, 0.6) is 5.75 Å². The first kappa shape index (κ1) is 15.4. The van der Waals surface area contributed by atoms with Gasteiger partial charge < -0.3 is 20.2 Å². The molecule has 112 valence electrons. The van der Waals surface area contributed by atoms with E-state index in [9.17, 15) is 9.59 Å². The summed E-state index contributed by atoms with van der Waals surface area (Å²) in [5.74, 6) is -0.484. The molecule has 0 bridgehead atoms. The Kier molecular flexibility index (Phi) is 4.52. The second-order valence-corrected chi connectivity index (χ2v) is 5.53. The number of nitrogens with one attached hydrogen (secondary N) is 1. The normalized spacial score (nSPS) is 10.9. The lowest BCUT2D eigenvalue weighted by atomic mass is 10.1. The van der Waals surface area contributed by atoms with Crippen molar-refractivity contribution < 1.29 is 18.7 Å². The summed E-state index contributed by atoms with van der Waals surface area (Å²) in [5.41, 5.74) is 5.86. The first-order chi connectivity index (χ1) is 9.86. The van der Waals surface area contributed by atoms with Crippen molar-refractivity contribution in [2.45, 2.75) is 20.0 Å². The molecule has 2 aromatic rings. The van der Waals surface area contributed by atoms with Crippen molar-refractivity contribution in [3.63, 3.8) is 0 Å². The number of hydrogen-bond donors (Lipinski definition) is 2. The van der Waals surface area contributed by atoms with Gasteiger partial charge in [-0.15, -0.1) is 0 Å². The van der Waals surface area contributed by atoms with E-state index in [0.29, 0.717) is 21.6 Å². The summed E-state index contributed by atoms with van der Waals surface area (Å²) in [6.45, 7) is 3.56. The van der Waals surface area contributed by atoms with Gasteiger partial charge in [-0.1, -0.05) is 0 Å². The summed E-state index contributed by atoms with van der Waals surface area (Å²) in [5, 5.41) is 3.19. The number of amides is 2. The SMILES string of the molecule is CC(C)Oc1cc(C(=O)NCC(N)=O)cc2oc(Br)cc12. The van der Waals surface area contributed by atoms with Gasteiger partial charge in [-0.3, -0.25) is 9.59 Å². The minimum absolute atomic E-state index is 0.0502. The summed E-state index contributed by atoms with van der Waals surface area (Å²) >= 11 is 3.25. The van der Waals surface area contributed by atoms with E-state index in [2.05, 4.69) is 21.2 Å². The molecule has 0 spiro atoms. The largest absolute Gasteiger partial charge is 0.490 e. The summed E-state index contributed by atoms with van der Waals surface area (Å²) in [6.07, 6.45) is -0.0502. The van der Waals surface area contributed by atoms with Gasteiger partial charge in [0.05, 0.1) is 18.0 Å². The van der Waals surface area contributed by atoms with Crippen LogP contribution in [0.15, 0.2) is 27.3 Å². The zero-order valence-corrected chi connectivity index (χ0v) is 13.2. The summed E-state index contributed by atoms with van der Waals surface area (Å²) in [4.78, 5) is 22.7. The minimum Gasteiger partial charge on any atom is -0.490 e. The van der Waals surface area contributed by atoms with Crippen molar-refractivity contribution in [1.29, 1.82) is 0 Å². The number of primary amides is 1. The monoisotopic (exact) mass is 354 g/mol. The van der Waals surface area contributed by atoms with E-state index in [1.54, 1.807) is 18.2 Å². The molecule has 1 aromatic carbocycles. The number of nitrogens with two attached hydrogens (primary N) is 1. The smallest absolute Gasteiger partial charge is 0.251 e. The zero-order valence-electron chi connectivity index (χ0n) is 11.6.